The molecule has 0 bridgehead atoms. The molecule has 0 N–H and O–H groups in total. The number of rotatable bonds is 6. The van der Waals surface area contributed by atoms with E-state index >= 15 is 0 Å². The van der Waals surface area contributed by atoms with Gasteiger partial charge in [0.15, 0.2) is 0 Å². The maximum absolute atomic E-state index is 11.4. The van der Waals surface area contributed by atoms with Gasteiger partial charge in [-0.1, -0.05) is 0 Å². The summed E-state index contributed by atoms with van der Waals surface area (Å²) < 4.78 is 29.5. The van der Waals surface area contributed by atoms with E-state index in [9.17, 15) is 8.42 Å². The van der Waals surface area contributed by atoms with Crippen LogP contribution in [0.15, 0.2) is 5.16 Å². The van der Waals surface area contributed by atoms with Crippen LogP contribution in [0.1, 0.15) is 39.1 Å². The third-order valence-electron chi connectivity index (χ3n) is 2.65. The lowest BCUT2D eigenvalue weighted by Gasteiger charge is -2.13. The van der Waals surface area contributed by atoms with Gasteiger partial charge < -0.3 is 4.74 Å². The molecule has 1 aromatic heterocycles. The summed E-state index contributed by atoms with van der Waals surface area (Å²) in [5, 5.41) is 7.37. The summed E-state index contributed by atoms with van der Waals surface area (Å²) in [5.74, 6) is 0.605. The number of hydrogen-bond acceptors (Lipinski definition) is 5. The van der Waals surface area contributed by atoms with E-state index in [2.05, 4.69) is 10.2 Å². The van der Waals surface area contributed by atoms with E-state index in [0.29, 0.717) is 12.2 Å². The van der Waals surface area contributed by atoms with Crippen LogP contribution in [0.5, 0.6) is 0 Å². The standard InChI is InChI=1S/C10H18ClN3O3S/c1-7(2)14-9(6-5-8(3)17-4)12-13-10(14)18(11,15)16/h7-8H,5-6H2,1-4H3. The van der Waals surface area contributed by atoms with Gasteiger partial charge in [-0.25, -0.2) is 8.42 Å². The average Bonchev–Trinajstić information content (AvgIpc) is 2.69. The van der Waals surface area contributed by atoms with Gasteiger partial charge in [0.25, 0.3) is 14.2 Å². The summed E-state index contributed by atoms with van der Waals surface area (Å²) >= 11 is 0. The second-order valence-electron chi connectivity index (χ2n) is 4.39. The summed E-state index contributed by atoms with van der Waals surface area (Å²) in [6.45, 7) is 5.66. The van der Waals surface area contributed by atoms with Gasteiger partial charge in [-0.3, -0.25) is 4.57 Å². The second kappa shape index (κ2) is 5.99. The van der Waals surface area contributed by atoms with Crippen LogP contribution in [0.25, 0.3) is 0 Å². The largest absolute Gasteiger partial charge is 0.382 e. The Morgan fingerprint density at radius 3 is 2.39 bits per heavy atom. The Morgan fingerprint density at radius 2 is 1.94 bits per heavy atom. The molecular formula is C10H18ClN3O3S. The van der Waals surface area contributed by atoms with Crippen LogP contribution in [0.4, 0.5) is 0 Å². The minimum absolute atomic E-state index is 0.0728. The number of methoxy groups -OCH3 is 1. The molecule has 0 saturated carbocycles. The van der Waals surface area contributed by atoms with E-state index in [0.717, 1.165) is 6.42 Å². The van der Waals surface area contributed by atoms with Crippen molar-refractivity contribution in [2.45, 2.75) is 50.9 Å². The van der Waals surface area contributed by atoms with Crippen molar-refractivity contribution >= 4 is 19.7 Å². The summed E-state index contributed by atoms with van der Waals surface area (Å²) in [5.41, 5.74) is 0. The van der Waals surface area contributed by atoms with E-state index in [4.69, 9.17) is 15.4 Å². The van der Waals surface area contributed by atoms with Crippen LogP contribution in [0, 0.1) is 0 Å². The highest BCUT2D eigenvalue weighted by molar-refractivity contribution is 8.13. The van der Waals surface area contributed by atoms with Crippen molar-refractivity contribution in [3.05, 3.63) is 5.82 Å². The van der Waals surface area contributed by atoms with Gasteiger partial charge >= 0.3 is 0 Å². The molecule has 1 unspecified atom stereocenters. The number of aromatic nitrogens is 3. The van der Waals surface area contributed by atoms with Crippen molar-refractivity contribution < 1.29 is 13.2 Å². The SMILES string of the molecule is COC(C)CCc1nnc(S(=O)(=O)Cl)n1C(C)C. The third-order valence-corrected chi connectivity index (χ3v) is 3.77. The first-order valence-electron chi connectivity index (χ1n) is 5.68. The monoisotopic (exact) mass is 295 g/mol. The van der Waals surface area contributed by atoms with Gasteiger partial charge in [-0.15, -0.1) is 10.2 Å². The molecule has 1 heterocycles. The molecule has 0 amide bonds. The van der Waals surface area contributed by atoms with Crippen LogP contribution >= 0.6 is 10.7 Å². The number of aryl methyl sites for hydroxylation is 1. The van der Waals surface area contributed by atoms with Crippen LogP contribution in [0.3, 0.4) is 0 Å². The van der Waals surface area contributed by atoms with Crippen LogP contribution in [0.2, 0.25) is 0 Å². The number of halogens is 1. The highest BCUT2D eigenvalue weighted by Gasteiger charge is 2.24. The Bertz CT molecular complexity index is 498. The molecule has 0 aromatic carbocycles. The molecule has 0 spiro atoms. The predicted octanol–water partition coefficient (Wildman–Crippen LogP) is 1.75. The van der Waals surface area contributed by atoms with E-state index in [1.807, 2.05) is 20.8 Å². The lowest BCUT2D eigenvalue weighted by atomic mass is 10.2. The fourth-order valence-electron chi connectivity index (χ4n) is 1.61. The van der Waals surface area contributed by atoms with Gasteiger partial charge in [-0.05, 0) is 27.2 Å². The van der Waals surface area contributed by atoms with E-state index < -0.39 is 9.05 Å². The van der Waals surface area contributed by atoms with Crippen molar-refractivity contribution in [1.82, 2.24) is 14.8 Å². The van der Waals surface area contributed by atoms with Crippen molar-refractivity contribution in [3.8, 4) is 0 Å². The minimum atomic E-state index is -3.87. The Morgan fingerprint density at radius 1 is 1.33 bits per heavy atom. The van der Waals surface area contributed by atoms with Crippen molar-refractivity contribution in [2.75, 3.05) is 7.11 Å². The Kier molecular flexibility index (Phi) is 5.12. The molecule has 0 saturated heterocycles. The van der Waals surface area contributed by atoms with Gasteiger partial charge in [-0.2, -0.15) is 0 Å². The molecule has 18 heavy (non-hydrogen) atoms. The predicted molar refractivity (Wildman–Crippen MR) is 68.2 cm³/mol. The zero-order valence-corrected chi connectivity index (χ0v) is 12.5. The fraction of sp³-hybridized carbons (Fsp3) is 0.800. The van der Waals surface area contributed by atoms with Gasteiger partial charge in [0.05, 0.1) is 6.10 Å². The highest BCUT2D eigenvalue weighted by atomic mass is 35.7. The first-order chi connectivity index (χ1) is 8.27. The quantitative estimate of drug-likeness (QED) is 0.748. The molecule has 104 valence electrons. The maximum Gasteiger partial charge on any atom is 0.296 e. The van der Waals surface area contributed by atoms with Gasteiger partial charge in [0, 0.05) is 30.3 Å². The third kappa shape index (κ3) is 3.66. The zero-order valence-electron chi connectivity index (χ0n) is 10.9. The normalized spacial score (nSPS) is 14.1. The Balaban J connectivity index is 3.03. The number of hydrogen-bond donors (Lipinski definition) is 0. The van der Waals surface area contributed by atoms with Crippen LogP contribution in [-0.2, 0) is 20.2 Å². The summed E-state index contributed by atoms with van der Waals surface area (Å²) in [7, 11) is 3.10. The maximum atomic E-state index is 11.4. The van der Waals surface area contributed by atoms with E-state index in [1.54, 1.807) is 11.7 Å². The molecule has 0 aliphatic rings. The fourth-order valence-corrected chi connectivity index (χ4v) is 2.62. The molecule has 0 fully saturated rings. The Labute approximate surface area is 112 Å². The van der Waals surface area contributed by atoms with Gasteiger partial charge in [0.2, 0.25) is 0 Å². The number of ether oxygens (including phenoxy) is 1. The van der Waals surface area contributed by atoms with E-state index in [1.165, 1.54) is 0 Å². The molecule has 0 radical (unpaired) electrons. The topological polar surface area (TPSA) is 74.1 Å². The van der Waals surface area contributed by atoms with Crippen molar-refractivity contribution in [1.29, 1.82) is 0 Å². The molecular weight excluding hydrogens is 278 g/mol. The van der Waals surface area contributed by atoms with Crippen LogP contribution in [-0.4, -0.2) is 36.4 Å². The molecule has 0 aliphatic heterocycles. The summed E-state index contributed by atoms with van der Waals surface area (Å²) in [6.07, 6.45) is 1.41. The minimum Gasteiger partial charge on any atom is -0.382 e. The smallest absolute Gasteiger partial charge is 0.296 e. The Hall–Kier alpha value is -0.660. The van der Waals surface area contributed by atoms with Crippen molar-refractivity contribution in [2.24, 2.45) is 0 Å². The van der Waals surface area contributed by atoms with Crippen LogP contribution < -0.4 is 0 Å². The molecule has 1 atom stereocenters. The van der Waals surface area contributed by atoms with E-state index in [-0.39, 0.29) is 17.3 Å². The highest BCUT2D eigenvalue weighted by Crippen LogP contribution is 2.20. The first kappa shape index (κ1) is 15.4. The lowest BCUT2D eigenvalue weighted by Crippen LogP contribution is -2.14. The average molecular weight is 296 g/mol. The molecule has 0 aliphatic carbocycles. The lowest BCUT2D eigenvalue weighted by molar-refractivity contribution is 0.110. The van der Waals surface area contributed by atoms with Gasteiger partial charge in [0.1, 0.15) is 5.82 Å². The number of nitrogens with zero attached hydrogens (tertiary/aromatic N) is 3. The summed E-state index contributed by atoms with van der Waals surface area (Å²) in [6, 6.07) is -0.0728. The van der Waals surface area contributed by atoms with Crippen molar-refractivity contribution in [3.63, 3.8) is 0 Å². The first-order valence-corrected chi connectivity index (χ1v) is 7.99. The molecule has 1 rings (SSSR count). The summed E-state index contributed by atoms with van der Waals surface area (Å²) in [4.78, 5) is 0. The zero-order chi connectivity index (χ0) is 13.9. The molecule has 1 aromatic rings. The molecule has 8 heteroatoms. The molecule has 6 nitrogen and oxygen atoms in total. The second-order valence-corrected chi connectivity index (χ2v) is 6.85.